The van der Waals surface area contributed by atoms with Crippen LogP contribution in [0.4, 0.5) is 0 Å². The van der Waals surface area contributed by atoms with Gasteiger partial charge in [-0.1, -0.05) is 26.7 Å². The summed E-state index contributed by atoms with van der Waals surface area (Å²) in [4.78, 5) is 12.7. The fourth-order valence-corrected chi connectivity index (χ4v) is 3.06. The number of unbranched alkanes of at least 4 members (excludes halogenated alkanes) is 1. The zero-order chi connectivity index (χ0) is 21.6. The SMILES string of the molecule is CCCCC(CC)OC(=O)c1cc(O)ccc1O[C@@H]1O[C@H](CO)[C@@H](O)[C@H](O)[C@H]1O. The Balaban J connectivity index is 2.20. The maximum atomic E-state index is 12.7. The number of esters is 1. The molecule has 1 saturated heterocycles. The van der Waals surface area contributed by atoms with Gasteiger partial charge in [-0.25, -0.2) is 4.79 Å². The molecule has 5 N–H and O–H groups in total. The number of carbonyl (C=O) groups excluding carboxylic acids is 1. The molecule has 1 heterocycles. The van der Waals surface area contributed by atoms with E-state index in [1.165, 1.54) is 18.2 Å². The third kappa shape index (κ3) is 5.80. The number of benzene rings is 1. The molecule has 9 heteroatoms. The quantitative estimate of drug-likeness (QED) is 0.368. The standard InChI is InChI=1S/C20H30O9/c1-3-5-6-12(4-2)27-19(26)13-9-11(22)7-8-14(13)28-20-18(25)17(24)16(23)15(10-21)29-20/h7-9,12,15-18,20-25H,3-6,10H2,1-2H3/t12?,15-,16-,17+,18-,20-/m1/s1. The number of rotatable bonds is 9. The van der Waals surface area contributed by atoms with Gasteiger partial charge in [0.2, 0.25) is 6.29 Å². The third-order valence-corrected chi connectivity index (χ3v) is 4.88. The number of ether oxygens (including phenoxy) is 3. The normalized spacial score (nSPS) is 28.0. The molecule has 1 aliphatic rings. The Morgan fingerprint density at radius 2 is 1.90 bits per heavy atom. The van der Waals surface area contributed by atoms with E-state index in [-0.39, 0.29) is 23.2 Å². The molecule has 29 heavy (non-hydrogen) atoms. The first-order valence-electron chi connectivity index (χ1n) is 9.83. The Hall–Kier alpha value is -1.91. The minimum absolute atomic E-state index is 0.0394. The van der Waals surface area contributed by atoms with Crippen LogP contribution in [0.3, 0.4) is 0 Å². The molecule has 164 valence electrons. The molecule has 2 rings (SSSR count). The Bertz CT molecular complexity index is 663. The lowest BCUT2D eigenvalue weighted by Crippen LogP contribution is -2.60. The summed E-state index contributed by atoms with van der Waals surface area (Å²) in [7, 11) is 0. The van der Waals surface area contributed by atoms with Crippen LogP contribution in [0.2, 0.25) is 0 Å². The average Bonchev–Trinajstić information content (AvgIpc) is 2.72. The topological polar surface area (TPSA) is 146 Å². The first kappa shape index (κ1) is 23.4. The second-order valence-electron chi connectivity index (χ2n) is 7.07. The van der Waals surface area contributed by atoms with Gasteiger partial charge >= 0.3 is 5.97 Å². The van der Waals surface area contributed by atoms with Gasteiger partial charge < -0.3 is 39.7 Å². The lowest BCUT2D eigenvalue weighted by molar-refractivity contribution is -0.277. The summed E-state index contributed by atoms with van der Waals surface area (Å²) in [5, 5.41) is 49.0. The number of hydrogen-bond acceptors (Lipinski definition) is 9. The lowest BCUT2D eigenvalue weighted by atomic mass is 9.99. The fourth-order valence-electron chi connectivity index (χ4n) is 3.06. The molecule has 0 spiro atoms. The summed E-state index contributed by atoms with van der Waals surface area (Å²) < 4.78 is 16.4. The summed E-state index contributed by atoms with van der Waals surface area (Å²) in [5.74, 6) is -0.925. The number of aliphatic hydroxyl groups is 4. The number of aliphatic hydroxyl groups excluding tert-OH is 4. The van der Waals surface area contributed by atoms with Crippen molar-refractivity contribution in [3.63, 3.8) is 0 Å². The molecular weight excluding hydrogens is 384 g/mol. The molecule has 0 aliphatic carbocycles. The molecule has 1 aromatic rings. The number of aromatic hydroxyl groups is 1. The van der Waals surface area contributed by atoms with Crippen LogP contribution in [0.1, 0.15) is 49.9 Å². The molecule has 0 saturated carbocycles. The highest BCUT2D eigenvalue weighted by Crippen LogP contribution is 2.30. The molecule has 0 amide bonds. The van der Waals surface area contributed by atoms with E-state index in [9.17, 15) is 30.3 Å². The van der Waals surface area contributed by atoms with E-state index in [1.54, 1.807) is 0 Å². The van der Waals surface area contributed by atoms with Crippen LogP contribution in [-0.4, -0.2) is 74.9 Å². The minimum Gasteiger partial charge on any atom is -0.508 e. The fraction of sp³-hybridized carbons (Fsp3) is 0.650. The Labute approximate surface area is 169 Å². The van der Waals surface area contributed by atoms with E-state index >= 15 is 0 Å². The summed E-state index contributed by atoms with van der Waals surface area (Å²) >= 11 is 0. The summed E-state index contributed by atoms with van der Waals surface area (Å²) in [6.45, 7) is 3.34. The van der Waals surface area contributed by atoms with Crippen molar-refractivity contribution in [3.05, 3.63) is 23.8 Å². The number of hydrogen-bond donors (Lipinski definition) is 5. The van der Waals surface area contributed by atoms with E-state index in [2.05, 4.69) is 0 Å². The van der Waals surface area contributed by atoms with Gasteiger partial charge in [-0.05, 0) is 31.0 Å². The van der Waals surface area contributed by atoms with Gasteiger partial charge in [-0.3, -0.25) is 0 Å². The van der Waals surface area contributed by atoms with Crippen LogP contribution in [0.15, 0.2) is 18.2 Å². The van der Waals surface area contributed by atoms with Crippen LogP contribution in [0, 0.1) is 0 Å². The lowest BCUT2D eigenvalue weighted by Gasteiger charge is -2.39. The molecule has 1 unspecified atom stereocenters. The maximum Gasteiger partial charge on any atom is 0.342 e. The maximum absolute atomic E-state index is 12.7. The van der Waals surface area contributed by atoms with E-state index in [0.29, 0.717) is 12.8 Å². The van der Waals surface area contributed by atoms with E-state index in [4.69, 9.17) is 14.2 Å². The van der Waals surface area contributed by atoms with E-state index in [1.807, 2.05) is 13.8 Å². The highest BCUT2D eigenvalue weighted by Gasteiger charge is 2.45. The van der Waals surface area contributed by atoms with Gasteiger partial charge in [-0.15, -0.1) is 0 Å². The zero-order valence-electron chi connectivity index (χ0n) is 16.6. The second kappa shape index (κ2) is 10.7. The molecule has 1 fully saturated rings. The molecular formula is C20H30O9. The van der Waals surface area contributed by atoms with Gasteiger partial charge in [0.15, 0.2) is 0 Å². The predicted octanol–water partition coefficient (Wildman–Crippen LogP) is 0.696. The highest BCUT2D eigenvalue weighted by atomic mass is 16.7. The molecule has 0 aromatic heterocycles. The minimum atomic E-state index is -1.63. The van der Waals surface area contributed by atoms with Crippen molar-refractivity contribution in [2.24, 2.45) is 0 Å². The molecule has 6 atom stereocenters. The van der Waals surface area contributed by atoms with Crippen molar-refractivity contribution in [2.45, 2.75) is 76.3 Å². The second-order valence-corrected chi connectivity index (χ2v) is 7.07. The first-order valence-corrected chi connectivity index (χ1v) is 9.83. The van der Waals surface area contributed by atoms with Crippen LogP contribution in [-0.2, 0) is 9.47 Å². The van der Waals surface area contributed by atoms with Crippen molar-refractivity contribution >= 4 is 5.97 Å². The predicted molar refractivity (Wildman–Crippen MR) is 102 cm³/mol. The van der Waals surface area contributed by atoms with Crippen molar-refractivity contribution < 1.29 is 44.5 Å². The monoisotopic (exact) mass is 414 g/mol. The summed E-state index contributed by atoms with van der Waals surface area (Å²) in [5.41, 5.74) is -0.0723. The van der Waals surface area contributed by atoms with Crippen LogP contribution in [0.25, 0.3) is 0 Å². The molecule has 9 nitrogen and oxygen atoms in total. The van der Waals surface area contributed by atoms with E-state index in [0.717, 1.165) is 12.8 Å². The van der Waals surface area contributed by atoms with E-state index < -0.39 is 43.3 Å². The third-order valence-electron chi connectivity index (χ3n) is 4.88. The summed E-state index contributed by atoms with van der Waals surface area (Å²) in [6, 6.07) is 3.76. The first-order chi connectivity index (χ1) is 13.8. The molecule has 0 bridgehead atoms. The Kier molecular flexibility index (Phi) is 8.66. The largest absolute Gasteiger partial charge is 0.508 e. The zero-order valence-corrected chi connectivity index (χ0v) is 16.6. The van der Waals surface area contributed by atoms with Gasteiger partial charge in [-0.2, -0.15) is 0 Å². The number of phenolic OH excluding ortho intramolecular Hbond substituents is 1. The Morgan fingerprint density at radius 1 is 1.17 bits per heavy atom. The van der Waals surface area contributed by atoms with Crippen LogP contribution in [0.5, 0.6) is 11.5 Å². The van der Waals surface area contributed by atoms with Crippen LogP contribution < -0.4 is 4.74 Å². The smallest absolute Gasteiger partial charge is 0.342 e. The van der Waals surface area contributed by atoms with Gasteiger partial charge in [0.25, 0.3) is 0 Å². The van der Waals surface area contributed by atoms with Gasteiger partial charge in [0.1, 0.15) is 47.6 Å². The molecule has 1 aromatic carbocycles. The summed E-state index contributed by atoms with van der Waals surface area (Å²) in [6.07, 6.45) is -4.45. The van der Waals surface area contributed by atoms with Crippen molar-refractivity contribution in [1.82, 2.24) is 0 Å². The number of carbonyl (C=O) groups is 1. The van der Waals surface area contributed by atoms with Crippen LogP contribution >= 0.6 is 0 Å². The molecule has 0 radical (unpaired) electrons. The van der Waals surface area contributed by atoms with Gasteiger partial charge in [0, 0.05) is 0 Å². The van der Waals surface area contributed by atoms with Crippen molar-refractivity contribution in [3.8, 4) is 11.5 Å². The van der Waals surface area contributed by atoms with Crippen molar-refractivity contribution in [1.29, 1.82) is 0 Å². The van der Waals surface area contributed by atoms with Crippen molar-refractivity contribution in [2.75, 3.05) is 6.61 Å². The number of phenols is 1. The Morgan fingerprint density at radius 3 is 2.52 bits per heavy atom. The van der Waals surface area contributed by atoms with Gasteiger partial charge in [0.05, 0.1) is 6.61 Å². The molecule has 1 aliphatic heterocycles. The average molecular weight is 414 g/mol. The highest BCUT2D eigenvalue weighted by molar-refractivity contribution is 5.93.